The normalized spacial score (nSPS) is 18.8. The van der Waals surface area contributed by atoms with Gasteiger partial charge in [-0.3, -0.25) is 9.69 Å². The molecule has 34 heavy (non-hydrogen) atoms. The van der Waals surface area contributed by atoms with Crippen LogP contribution in [-0.4, -0.2) is 82.5 Å². The number of halogens is 1. The van der Waals surface area contributed by atoms with Crippen LogP contribution in [0.4, 0.5) is 5.69 Å². The summed E-state index contributed by atoms with van der Waals surface area (Å²) in [5.74, 6) is -0.800. The van der Waals surface area contributed by atoms with E-state index in [1.165, 1.54) is 0 Å². The van der Waals surface area contributed by atoms with Crippen LogP contribution in [-0.2, 0) is 9.53 Å². The molecular weight excluding hydrogens is 458 g/mol. The maximum Gasteiger partial charge on any atom is 0.320 e. The average Bonchev–Trinajstić information content (AvgIpc) is 3.25. The molecule has 1 unspecified atom stereocenters. The number of nitrogens with one attached hydrogen (secondary N) is 1. The van der Waals surface area contributed by atoms with E-state index in [1.807, 2.05) is 23.1 Å². The Labute approximate surface area is 202 Å². The third-order valence-electron chi connectivity index (χ3n) is 6.58. The van der Waals surface area contributed by atoms with Crippen LogP contribution in [0.25, 0.3) is 22.4 Å². The van der Waals surface area contributed by atoms with Gasteiger partial charge in [-0.25, -0.2) is 4.98 Å². The highest BCUT2D eigenvalue weighted by atomic mass is 35.5. The van der Waals surface area contributed by atoms with Crippen molar-refractivity contribution >= 4 is 34.4 Å². The predicted octanol–water partition coefficient (Wildman–Crippen LogP) is 3.43. The average molecular weight is 486 g/mol. The van der Waals surface area contributed by atoms with Gasteiger partial charge in [-0.2, -0.15) is 4.98 Å². The van der Waals surface area contributed by atoms with Crippen LogP contribution >= 0.6 is 11.6 Å². The third-order valence-corrected chi connectivity index (χ3v) is 6.87. The van der Waals surface area contributed by atoms with E-state index in [-0.39, 0.29) is 6.10 Å². The number of anilines is 1. The van der Waals surface area contributed by atoms with Crippen LogP contribution in [0.1, 0.15) is 19.8 Å². The summed E-state index contributed by atoms with van der Waals surface area (Å²) < 4.78 is 11.5. The zero-order valence-electron chi connectivity index (χ0n) is 19.0. The van der Waals surface area contributed by atoms with Gasteiger partial charge in [0.25, 0.3) is 6.01 Å². The lowest BCUT2D eigenvalue weighted by atomic mass is 10.1. The second kappa shape index (κ2) is 9.77. The summed E-state index contributed by atoms with van der Waals surface area (Å²) in [6.07, 6.45) is 1.45. The summed E-state index contributed by atoms with van der Waals surface area (Å²) in [4.78, 5) is 27.8. The second-order valence-corrected chi connectivity index (χ2v) is 9.15. The van der Waals surface area contributed by atoms with Crippen LogP contribution in [0, 0.1) is 0 Å². The Morgan fingerprint density at radius 3 is 2.56 bits per heavy atom. The molecule has 2 aliphatic rings. The highest BCUT2D eigenvalue weighted by molar-refractivity contribution is 6.33. The van der Waals surface area contributed by atoms with Gasteiger partial charge in [0.1, 0.15) is 12.1 Å². The molecule has 1 aromatic carbocycles. The molecule has 0 saturated carbocycles. The number of carboxylic acids is 1. The number of aromatic nitrogens is 3. The molecule has 3 aromatic rings. The van der Waals surface area contributed by atoms with Crippen molar-refractivity contribution in [1.29, 1.82) is 0 Å². The molecule has 180 valence electrons. The molecule has 5 rings (SSSR count). The van der Waals surface area contributed by atoms with Crippen molar-refractivity contribution in [2.75, 3.05) is 44.3 Å². The molecular formula is C24H28ClN5O4. The van der Waals surface area contributed by atoms with Gasteiger partial charge in [0.2, 0.25) is 0 Å². The number of ether oxygens (including phenoxy) is 2. The number of nitrogens with zero attached hydrogens (tertiary/aromatic N) is 4. The summed E-state index contributed by atoms with van der Waals surface area (Å²) in [6.45, 7) is 6.33. The van der Waals surface area contributed by atoms with Gasteiger partial charge in [0.05, 0.1) is 29.4 Å². The number of hydrogen-bond acceptors (Lipinski definition) is 7. The van der Waals surface area contributed by atoms with E-state index in [4.69, 9.17) is 26.1 Å². The highest BCUT2D eigenvalue weighted by Gasteiger charge is 2.27. The Kier molecular flexibility index (Phi) is 6.58. The largest absolute Gasteiger partial charge is 0.480 e. The number of aliphatic carboxylic acids is 1. The zero-order valence-corrected chi connectivity index (χ0v) is 19.8. The van der Waals surface area contributed by atoms with Crippen molar-refractivity contribution in [2.24, 2.45) is 0 Å². The van der Waals surface area contributed by atoms with Crippen LogP contribution in [0.15, 0.2) is 30.3 Å². The van der Waals surface area contributed by atoms with Crippen molar-refractivity contribution in [3.8, 4) is 17.3 Å². The van der Waals surface area contributed by atoms with E-state index < -0.39 is 12.0 Å². The molecule has 2 fully saturated rings. The van der Waals surface area contributed by atoms with Crippen molar-refractivity contribution in [3.05, 3.63) is 35.4 Å². The first-order chi connectivity index (χ1) is 16.5. The molecule has 0 spiro atoms. The molecule has 0 radical (unpaired) electrons. The molecule has 2 aliphatic heterocycles. The molecule has 0 bridgehead atoms. The number of imidazole rings is 1. The summed E-state index contributed by atoms with van der Waals surface area (Å²) in [7, 11) is 0. The van der Waals surface area contributed by atoms with Crippen molar-refractivity contribution < 1.29 is 19.4 Å². The Balaban J connectivity index is 1.28. The SMILES string of the molecule is CC(C(=O)O)N1CCC(Oc2nc3nc(-c4ccc(N5CCOCC5)cc4)c(Cl)cc3[nH]2)CC1. The fraction of sp³-hybridized carbons (Fsp3) is 0.458. The van der Waals surface area contributed by atoms with E-state index in [9.17, 15) is 9.90 Å². The summed E-state index contributed by atoms with van der Waals surface area (Å²) in [5.41, 5.74) is 4.02. The van der Waals surface area contributed by atoms with Crippen LogP contribution in [0.2, 0.25) is 5.02 Å². The van der Waals surface area contributed by atoms with E-state index in [2.05, 4.69) is 27.0 Å². The second-order valence-electron chi connectivity index (χ2n) is 8.75. The van der Waals surface area contributed by atoms with Crippen molar-refractivity contribution in [3.63, 3.8) is 0 Å². The first-order valence-electron chi connectivity index (χ1n) is 11.6. The maximum absolute atomic E-state index is 11.2. The minimum Gasteiger partial charge on any atom is -0.480 e. The summed E-state index contributed by atoms with van der Waals surface area (Å²) >= 11 is 6.57. The maximum atomic E-state index is 11.2. The predicted molar refractivity (Wildman–Crippen MR) is 130 cm³/mol. The van der Waals surface area contributed by atoms with Gasteiger partial charge in [-0.1, -0.05) is 23.7 Å². The number of benzene rings is 1. The molecule has 2 aromatic heterocycles. The number of carbonyl (C=O) groups is 1. The topological polar surface area (TPSA) is 104 Å². The van der Waals surface area contributed by atoms with E-state index in [0.717, 1.165) is 50.4 Å². The lowest BCUT2D eigenvalue weighted by Gasteiger charge is -2.33. The van der Waals surface area contributed by atoms with E-state index >= 15 is 0 Å². The molecule has 4 heterocycles. The van der Waals surface area contributed by atoms with Crippen LogP contribution in [0.5, 0.6) is 6.01 Å². The number of hydrogen-bond donors (Lipinski definition) is 2. The quantitative estimate of drug-likeness (QED) is 0.547. The summed E-state index contributed by atoms with van der Waals surface area (Å²) in [5, 5.41) is 9.74. The Hall–Kier alpha value is -2.88. The van der Waals surface area contributed by atoms with E-state index in [1.54, 1.807) is 6.92 Å². The Morgan fingerprint density at radius 1 is 1.18 bits per heavy atom. The lowest BCUT2D eigenvalue weighted by Crippen LogP contribution is -2.46. The number of H-pyrrole nitrogens is 1. The number of likely N-dealkylation sites (tertiary alicyclic amines) is 1. The van der Waals surface area contributed by atoms with Crippen molar-refractivity contribution in [1.82, 2.24) is 19.9 Å². The standard InChI is InChI=1S/C24H28ClN5O4/c1-15(23(31)32)29-8-6-18(7-9-29)34-24-26-20-14-19(25)21(27-22(20)28-24)16-2-4-17(5-3-16)30-10-12-33-13-11-30/h2-5,14-15,18H,6-13H2,1H3,(H,31,32)(H,26,27,28). The van der Waals surface area contributed by atoms with Gasteiger partial charge in [0.15, 0.2) is 5.65 Å². The fourth-order valence-corrected chi connectivity index (χ4v) is 4.76. The van der Waals surface area contributed by atoms with Gasteiger partial charge in [-0.15, -0.1) is 0 Å². The molecule has 1 atom stereocenters. The Bertz CT molecular complexity index is 1150. The van der Waals surface area contributed by atoms with Crippen LogP contribution < -0.4 is 9.64 Å². The number of pyridine rings is 1. The monoisotopic (exact) mass is 485 g/mol. The van der Waals surface area contributed by atoms with Gasteiger partial charge in [0, 0.05) is 37.4 Å². The number of aromatic amines is 1. The van der Waals surface area contributed by atoms with Gasteiger partial charge >= 0.3 is 5.97 Å². The minimum atomic E-state index is -0.800. The lowest BCUT2D eigenvalue weighted by molar-refractivity contribution is -0.143. The molecule has 10 heteroatoms. The minimum absolute atomic E-state index is 0.0273. The third kappa shape index (κ3) is 4.82. The molecule has 2 N–H and O–H groups in total. The molecule has 2 saturated heterocycles. The van der Waals surface area contributed by atoms with Gasteiger partial charge in [-0.05, 0) is 38.0 Å². The first kappa shape index (κ1) is 22.9. The fourth-order valence-electron chi connectivity index (χ4n) is 4.50. The molecule has 9 nitrogen and oxygen atoms in total. The zero-order chi connectivity index (χ0) is 23.7. The van der Waals surface area contributed by atoms with Gasteiger partial charge < -0.3 is 24.5 Å². The van der Waals surface area contributed by atoms with E-state index in [0.29, 0.717) is 41.0 Å². The molecule has 0 aliphatic carbocycles. The van der Waals surface area contributed by atoms with Crippen molar-refractivity contribution in [2.45, 2.75) is 31.9 Å². The number of rotatable bonds is 6. The first-order valence-corrected chi connectivity index (χ1v) is 12.0. The smallest absolute Gasteiger partial charge is 0.320 e. The number of morpholine rings is 1. The number of carboxylic acid groups (broad SMARTS) is 1. The highest BCUT2D eigenvalue weighted by Crippen LogP contribution is 2.31. The van der Waals surface area contributed by atoms with Crippen LogP contribution in [0.3, 0.4) is 0 Å². The molecule has 0 amide bonds. The number of fused-ring (bicyclic) bond motifs is 1. The number of piperidine rings is 1. The summed E-state index contributed by atoms with van der Waals surface area (Å²) in [6, 6.07) is 9.97. The Morgan fingerprint density at radius 2 is 1.88 bits per heavy atom.